The van der Waals surface area contributed by atoms with Crippen molar-refractivity contribution in [1.29, 1.82) is 0 Å². The summed E-state index contributed by atoms with van der Waals surface area (Å²) in [5.41, 5.74) is 1.25. The highest BCUT2D eigenvalue weighted by molar-refractivity contribution is 5.20. The van der Waals surface area contributed by atoms with Gasteiger partial charge in [-0.25, -0.2) is 4.98 Å². The normalized spacial score (nSPS) is 16.9. The third-order valence-corrected chi connectivity index (χ3v) is 4.52. The number of aromatic nitrogens is 4. The van der Waals surface area contributed by atoms with Gasteiger partial charge in [-0.3, -0.25) is 4.90 Å². The molecule has 2 aromatic rings. The molecule has 0 amide bonds. The summed E-state index contributed by atoms with van der Waals surface area (Å²) in [7, 11) is 1.66. The Bertz CT molecular complexity index is 631. The summed E-state index contributed by atoms with van der Waals surface area (Å²) in [4.78, 5) is 6.65. The van der Waals surface area contributed by atoms with Gasteiger partial charge in [0.2, 0.25) is 5.88 Å². The number of nitrogens with zero attached hydrogens (tertiary/aromatic N) is 5. The van der Waals surface area contributed by atoms with Gasteiger partial charge in [0, 0.05) is 30.8 Å². The average molecular weight is 315 g/mol. The first-order chi connectivity index (χ1) is 11.2. The fourth-order valence-corrected chi connectivity index (χ4v) is 3.21. The zero-order chi connectivity index (χ0) is 16.2. The second kappa shape index (κ2) is 7.08. The van der Waals surface area contributed by atoms with E-state index in [1.54, 1.807) is 7.11 Å². The van der Waals surface area contributed by atoms with E-state index in [2.05, 4.69) is 44.6 Å². The molecule has 0 saturated carbocycles. The number of methoxy groups -OCH3 is 1. The van der Waals surface area contributed by atoms with E-state index < -0.39 is 0 Å². The standard InChI is InChI=1S/C17H25N5O/c1-13(2)22-12-19-20-17(22)15-5-8-21(9-6-15)11-14-4-7-18-16(10-14)23-3/h4,7,10,12-13,15H,5-6,8-9,11H2,1-3H3. The first-order valence-corrected chi connectivity index (χ1v) is 8.28. The largest absolute Gasteiger partial charge is 0.481 e. The quantitative estimate of drug-likeness (QED) is 0.849. The molecule has 2 aromatic heterocycles. The summed E-state index contributed by atoms with van der Waals surface area (Å²) in [5, 5.41) is 8.47. The van der Waals surface area contributed by atoms with Gasteiger partial charge in [0.1, 0.15) is 12.2 Å². The van der Waals surface area contributed by atoms with Crippen LogP contribution in [0.15, 0.2) is 24.7 Å². The molecule has 0 aliphatic carbocycles. The van der Waals surface area contributed by atoms with E-state index in [9.17, 15) is 0 Å². The summed E-state index contributed by atoms with van der Waals surface area (Å²) in [5.74, 6) is 2.34. The van der Waals surface area contributed by atoms with Gasteiger partial charge >= 0.3 is 0 Å². The predicted octanol–water partition coefficient (Wildman–Crippen LogP) is 2.64. The van der Waals surface area contributed by atoms with Crippen molar-refractivity contribution in [3.63, 3.8) is 0 Å². The van der Waals surface area contributed by atoms with Crippen LogP contribution in [0.2, 0.25) is 0 Å². The molecule has 0 N–H and O–H groups in total. The van der Waals surface area contributed by atoms with E-state index >= 15 is 0 Å². The second-order valence-electron chi connectivity index (χ2n) is 6.45. The molecule has 0 unspecified atom stereocenters. The molecular weight excluding hydrogens is 290 g/mol. The van der Waals surface area contributed by atoms with Gasteiger partial charge in [-0.15, -0.1) is 10.2 Å². The van der Waals surface area contributed by atoms with E-state index in [0.717, 1.165) is 38.3 Å². The van der Waals surface area contributed by atoms with Crippen LogP contribution in [0.5, 0.6) is 5.88 Å². The summed E-state index contributed by atoms with van der Waals surface area (Å²) >= 11 is 0. The van der Waals surface area contributed by atoms with Crippen molar-refractivity contribution in [2.75, 3.05) is 20.2 Å². The minimum Gasteiger partial charge on any atom is -0.481 e. The summed E-state index contributed by atoms with van der Waals surface area (Å²) < 4.78 is 7.40. The Morgan fingerprint density at radius 1 is 1.30 bits per heavy atom. The SMILES string of the molecule is COc1cc(CN2CCC(c3nncn3C(C)C)CC2)ccn1. The smallest absolute Gasteiger partial charge is 0.213 e. The van der Waals surface area contributed by atoms with Gasteiger partial charge in [0.25, 0.3) is 0 Å². The van der Waals surface area contributed by atoms with Crippen LogP contribution in [0, 0.1) is 0 Å². The lowest BCUT2D eigenvalue weighted by molar-refractivity contribution is 0.199. The Hall–Kier alpha value is -1.95. The molecule has 1 aliphatic rings. The van der Waals surface area contributed by atoms with Crippen molar-refractivity contribution in [1.82, 2.24) is 24.6 Å². The molecule has 0 atom stereocenters. The number of hydrogen-bond donors (Lipinski definition) is 0. The average Bonchev–Trinajstić information content (AvgIpc) is 3.06. The third kappa shape index (κ3) is 3.69. The first-order valence-electron chi connectivity index (χ1n) is 8.28. The number of ether oxygens (including phenoxy) is 1. The van der Waals surface area contributed by atoms with Crippen LogP contribution in [0.25, 0.3) is 0 Å². The number of likely N-dealkylation sites (tertiary alicyclic amines) is 1. The van der Waals surface area contributed by atoms with E-state index in [0.29, 0.717) is 17.8 Å². The van der Waals surface area contributed by atoms with Crippen molar-refractivity contribution in [2.24, 2.45) is 0 Å². The number of hydrogen-bond acceptors (Lipinski definition) is 5. The zero-order valence-electron chi connectivity index (χ0n) is 14.1. The van der Waals surface area contributed by atoms with Gasteiger partial charge in [0.05, 0.1) is 7.11 Å². The van der Waals surface area contributed by atoms with E-state index in [4.69, 9.17) is 4.74 Å². The lowest BCUT2D eigenvalue weighted by Crippen LogP contribution is -2.33. The number of pyridine rings is 1. The predicted molar refractivity (Wildman–Crippen MR) is 88.4 cm³/mol. The van der Waals surface area contributed by atoms with Gasteiger partial charge < -0.3 is 9.30 Å². The Balaban J connectivity index is 1.59. The number of piperidine rings is 1. The van der Waals surface area contributed by atoms with Gasteiger partial charge in [-0.2, -0.15) is 0 Å². The highest BCUT2D eigenvalue weighted by Gasteiger charge is 2.25. The molecule has 1 fully saturated rings. The number of rotatable bonds is 5. The first kappa shape index (κ1) is 15.9. The van der Waals surface area contributed by atoms with Crippen molar-refractivity contribution in [3.05, 3.63) is 36.0 Å². The summed E-state index contributed by atoms with van der Waals surface area (Å²) in [6.07, 6.45) is 5.93. The molecule has 3 rings (SSSR count). The molecule has 0 radical (unpaired) electrons. The monoisotopic (exact) mass is 315 g/mol. The highest BCUT2D eigenvalue weighted by atomic mass is 16.5. The molecule has 0 bridgehead atoms. The van der Waals surface area contributed by atoms with Crippen molar-refractivity contribution in [2.45, 2.75) is 45.2 Å². The lowest BCUT2D eigenvalue weighted by atomic mass is 9.95. The van der Waals surface area contributed by atoms with E-state index in [-0.39, 0.29) is 0 Å². The van der Waals surface area contributed by atoms with Gasteiger partial charge in [-0.05, 0) is 51.4 Å². The van der Waals surface area contributed by atoms with E-state index in [1.165, 1.54) is 5.56 Å². The fourth-order valence-electron chi connectivity index (χ4n) is 3.21. The van der Waals surface area contributed by atoms with Gasteiger partial charge in [-0.1, -0.05) is 0 Å². The Morgan fingerprint density at radius 3 is 2.78 bits per heavy atom. The molecule has 0 spiro atoms. The molecular formula is C17H25N5O. The molecule has 0 aromatic carbocycles. The molecule has 6 nitrogen and oxygen atoms in total. The van der Waals surface area contributed by atoms with Gasteiger partial charge in [0.15, 0.2) is 0 Å². The maximum atomic E-state index is 5.20. The van der Waals surface area contributed by atoms with Crippen molar-refractivity contribution >= 4 is 0 Å². The third-order valence-electron chi connectivity index (χ3n) is 4.52. The second-order valence-corrected chi connectivity index (χ2v) is 6.45. The molecule has 3 heterocycles. The lowest BCUT2D eigenvalue weighted by Gasteiger charge is -2.32. The summed E-state index contributed by atoms with van der Waals surface area (Å²) in [6, 6.07) is 4.49. The molecule has 23 heavy (non-hydrogen) atoms. The maximum Gasteiger partial charge on any atom is 0.213 e. The highest BCUT2D eigenvalue weighted by Crippen LogP contribution is 2.28. The molecule has 124 valence electrons. The van der Waals surface area contributed by atoms with E-state index in [1.807, 2.05) is 18.6 Å². The van der Waals surface area contributed by atoms with Crippen LogP contribution in [0.4, 0.5) is 0 Å². The van der Waals surface area contributed by atoms with Crippen molar-refractivity contribution < 1.29 is 4.74 Å². The molecule has 1 aliphatic heterocycles. The van der Waals surface area contributed by atoms with Crippen LogP contribution in [-0.2, 0) is 6.54 Å². The molecule has 1 saturated heterocycles. The zero-order valence-corrected chi connectivity index (χ0v) is 14.1. The van der Waals surface area contributed by atoms with Crippen LogP contribution < -0.4 is 4.74 Å². The summed E-state index contributed by atoms with van der Waals surface area (Å²) in [6.45, 7) is 7.47. The minimum absolute atomic E-state index is 0.419. The minimum atomic E-state index is 0.419. The van der Waals surface area contributed by atoms with Crippen LogP contribution in [0.1, 0.15) is 50.0 Å². The molecule has 6 heteroatoms. The van der Waals surface area contributed by atoms with Crippen LogP contribution >= 0.6 is 0 Å². The Labute approximate surface area is 137 Å². The van der Waals surface area contributed by atoms with Crippen molar-refractivity contribution in [3.8, 4) is 5.88 Å². The fraction of sp³-hybridized carbons (Fsp3) is 0.588. The maximum absolute atomic E-state index is 5.20. The van der Waals surface area contributed by atoms with Crippen LogP contribution in [-0.4, -0.2) is 44.8 Å². The Morgan fingerprint density at radius 2 is 2.09 bits per heavy atom. The topological polar surface area (TPSA) is 56.1 Å². The Kier molecular flexibility index (Phi) is 4.91. The van der Waals surface area contributed by atoms with Crippen LogP contribution in [0.3, 0.4) is 0 Å².